The van der Waals surface area contributed by atoms with E-state index in [1.54, 1.807) is 11.9 Å². The molecule has 4 nitrogen and oxygen atoms in total. The quantitative estimate of drug-likeness (QED) is 0.687. The Morgan fingerprint density at radius 3 is 2.59 bits per heavy atom. The molecule has 2 saturated heterocycles. The lowest BCUT2D eigenvalue weighted by Gasteiger charge is -2.28. The minimum absolute atomic E-state index is 0.0915. The third-order valence-electron chi connectivity index (χ3n) is 3.81. The van der Waals surface area contributed by atoms with Crippen molar-refractivity contribution in [3.05, 3.63) is 35.9 Å². The fourth-order valence-corrected chi connectivity index (χ4v) is 2.98. The van der Waals surface area contributed by atoms with Gasteiger partial charge in [0.15, 0.2) is 0 Å². The van der Waals surface area contributed by atoms with Crippen LogP contribution in [-0.4, -0.2) is 35.3 Å². The average molecular weight is 230 g/mol. The van der Waals surface area contributed by atoms with E-state index in [1.807, 2.05) is 30.3 Å². The van der Waals surface area contributed by atoms with Crippen molar-refractivity contribution >= 4 is 11.9 Å². The topological polar surface area (TPSA) is 40.6 Å². The van der Waals surface area contributed by atoms with Gasteiger partial charge in [0.1, 0.15) is 5.54 Å². The number of rotatable bonds is 1. The number of amides is 3. The number of likely N-dealkylation sites (N-methyl/N-ethyl adjacent to an activating group) is 1. The zero-order valence-electron chi connectivity index (χ0n) is 9.72. The van der Waals surface area contributed by atoms with Crippen LogP contribution in [0, 0.1) is 0 Å². The summed E-state index contributed by atoms with van der Waals surface area (Å²) in [6, 6.07) is 9.44. The molecule has 2 aliphatic heterocycles. The molecule has 0 saturated carbocycles. The minimum Gasteiger partial charge on any atom is -0.305 e. The van der Waals surface area contributed by atoms with E-state index >= 15 is 0 Å². The second kappa shape index (κ2) is 3.32. The molecule has 0 bridgehead atoms. The van der Waals surface area contributed by atoms with E-state index in [2.05, 4.69) is 0 Å². The second-order valence-electron chi connectivity index (χ2n) is 4.63. The van der Waals surface area contributed by atoms with Gasteiger partial charge in [0.25, 0.3) is 5.91 Å². The Bertz CT molecular complexity index is 485. The van der Waals surface area contributed by atoms with Gasteiger partial charge >= 0.3 is 6.03 Å². The van der Waals surface area contributed by atoms with E-state index in [0.717, 1.165) is 18.4 Å². The lowest BCUT2D eigenvalue weighted by Crippen LogP contribution is -2.41. The van der Waals surface area contributed by atoms with Crippen molar-refractivity contribution in [2.45, 2.75) is 18.4 Å². The van der Waals surface area contributed by atoms with Crippen LogP contribution in [0.2, 0.25) is 0 Å². The highest BCUT2D eigenvalue weighted by Gasteiger charge is 2.59. The predicted molar refractivity (Wildman–Crippen MR) is 62.2 cm³/mol. The Kier molecular flexibility index (Phi) is 2.02. The van der Waals surface area contributed by atoms with Gasteiger partial charge in [0.05, 0.1) is 0 Å². The molecule has 1 aromatic carbocycles. The number of nitrogens with zero attached hydrogens (tertiary/aromatic N) is 2. The van der Waals surface area contributed by atoms with E-state index in [4.69, 9.17) is 0 Å². The Hall–Kier alpha value is -1.84. The fraction of sp³-hybridized carbons (Fsp3) is 0.385. The van der Waals surface area contributed by atoms with Crippen LogP contribution in [0.3, 0.4) is 0 Å². The highest BCUT2D eigenvalue weighted by Crippen LogP contribution is 2.44. The van der Waals surface area contributed by atoms with Gasteiger partial charge in [-0.25, -0.2) is 4.79 Å². The molecule has 17 heavy (non-hydrogen) atoms. The average Bonchev–Trinajstić information content (AvgIpc) is 2.88. The van der Waals surface area contributed by atoms with E-state index in [1.165, 1.54) is 4.90 Å². The van der Waals surface area contributed by atoms with E-state index in [-0.39, 0.29) is 11.9 Å². The van der Waals surface area contributed by atoms with Gasteiger partial charge in [-0.15, -0.1) is 0 Å². The lowest BCUT2D eigenvalue weighted by atomic mass is 9.87. The van der Waals surface area contributed by atoms with E-state index in [9.17, 15) is 9.59 Å². The Morgan fingerprint density at radius 1 is 1.18 bits per heavy atom. The Morgan fingerprint density at radius 2 is 1.88 bits per heavy atom. The summed E-state index contributed by atoms with van der Waals surface area (Å²) in [5.41, 5.74) is 0.202. The molecule has 0 aliphatic carbocycles. The Labute approximate surface area is 99.8 Å². The summed E-state index contributed by atoms with van der Waals surface area (Å²) in [7, 11) is 1.56. The molecule has 0 unspecified atom stereocenters. The molecular formula is C13H14N2O2. The normalized spacial score (nSPS) is 27.8. The highest BCUT2D eigenvalue weighted by molar-refractivity contribution is 6.07. The molecule has 2 fully saturated rings. The monoisotopic (exact) mass is 230 g/mol. The van der Waals surface area contributed by atoms with Crippen LogP contribution in [0.25, 0.3) is 0 Å². The number of hydrogen-bond donors (Lipinski definition) is 0. The second-order valence-corrected chi connectivity index (χ2v) is 4.63. The SMILES string of the molecule is CN1C(=O)N2CCC[C@@]2(c2ccccc2)C1=O. The minimum atomic E-state index is -0.729. The number of urea groups is 1. The predicted octanol–water partition coefficient (Wildman–Crippen LogP) is 1.57. The molecule has 4 heteroatoms. The molecule has 3 amide bonds. The maximum absolute atomic E-state index is 12.4. The summed E-state index contributed by atoms with van der Waals surface area (Å²) < 4.78 is 0. The van der Waals surface area contributed by atoms with Crippen molar-refractivity contribution in [1.29, 1.82) is 0 Å². The first-order valence-corrected chi connectivity index (χ1v) is 5.83. The van der Waals surface area contributed by atoms with Gasteiger partial charge in [-0.3, -0.25) is 9.69 Å². The van der Waals surface area contributed by atoms with Gasteiger partial charge in [-0.2, -0.15) is 0 Å². The lowest BCUT2D eigenvalue weighted by molar-refractivity contribution is -0.132. The molecule has 0 aromatic heterocycles. The van der Waals surface area contributed by atoms with Crippen molar-refractivity contribution in [2.24, 2.45) is 0 Å². The summed E-state index contributed by atoms with van der Waals surface area (Å²) >= 11 is 0. The number of fused-ring (bicyclic) bond motifs is 1. The summed E-state index contributed by atoms with van der Waals surface area (Å²) in [4.78, 5) is 27.3. The van der Waals surface area contributed by atoms with Crippen LogP contribution < -0.4 is 0 Å². The number of hydrogen-bond acceptors (Lipinski definition) is 2. The first kappa shape index (κ1) is 10.3. The maximum Gasteiger partial charge on any atom is 0.327 e. The van der Waals surface area contributed by atoms with Crippen LogP contribution in [0.5, 0.6) is 0 Å². The van der Waals surface area contributed by atoms with Gasteiger partial charge in [-0.1, -0.05) is 30.3 Å². The van der Waals surface area contributed by atoms with E-state index < -0.39 is 5.54 Å². The van der Waals surface area contributed by atoms with Crippen LogP contribution in [0.15, 0.2) is 30.3 Å². The highest BCUT2D eigenvalue weighted by atomic mass is 16.2. The smallest absolute Gasteiger partial charge is 0.305 e. The molecule has 1 aromatic rings. The molecule has 0 radical (unpaired) electrons. The number of carbonyl (C=O) groups is 2. The van der Waals surface area contributed by atoms with Crippen molar-refractivity contribution in [3.8, 4) is 0 Å². The summed E-state index contributed by atoms with van der Waals surface area (Å²) in [6.07, 6.45) is 1.62. The van der Waals surface area contributed by atoms with Gasteiger partial charge in [0, 0.05) is 13.6 Å². The first-order valence-electron chi connectivity index (χ1n) is 5.83. The van der Waals surface area contributed by atoms with Gasteiger partial charge in [-0.05, 0) is 18.4 Å². The number of imide groups is 1. The van der Waals surface area contributed by atoms with Crippen molar-refractivity contribution in [2.75, 3.05) is 13.6 Å². The summed E-state index contributed by atoms with van der Waals surface area (Å²) in [5.74, 6) is -0.0915. The van der Waals surface area contributed by atoms with Crippen LogP contribution in [0.4, 0.5) is 4.79 Å². The molecule has 2 aliphatic rings. The molecule has 88 valence electrons. The van der Waals surface area contributed by atoms with Gasteiger partial charge < -0.3 is 4.90 Å². The number of benzene rings is 1. The van der Waals surface area contributed by atoms with Crippen molar-refractivity contribution in [3.63, 3.8) is 0 Å². The first-order chi connectivity index (χ1) is 8.18. The van der Waals surface area contributed by atoms with Crippen molar-refractivity contribution < 1.29 is 9.59 Å². The summed E-state index contributed by atoms with van der Waals surface area (Å²) in [5, 5.41) is 0. The van der Waals surface area contributed by atoms with E-state index in [0.29, 0.717) is 6.54 Å². The van der Waals surface area contributed by atoms with Crippen LogP contribution in [0.1, 0.15) is 18.4 Å². The van der Waals surface area contributed by atoms with Crippen molar-refractivity contribution in [1.82, 2.24) is 9.80 Å². The third kappa shape index (κ3) is 1.12. The molecule has 3 rings (SSSR count). The summed E-state index contributed by atoms with van der Waals surface area (Å²) in [6.45, 7) is 0.670. The Balaban J connectivity index is 2.17. The van der Waals surface area contributed by atoms with Crippen LogP contribution in [-0.2, 0) is 10.3 Å². The fourth-order valence-electron chi connectivity index (χ4n) is 2.98. The molecule has 0 spiro atoms. The maximum atomic E-state index is 12.4. The largest absolute Gasteiger partial charge is 0.327 e. The molecule has 2 heterocycles. The van der Waals surface area contributed by atoms with Gasteiger partial charge in [0.2, 0.25) is 0 Å². The zero-order chi connectivity index (χ0) is 12.0. The zero-order valence-corrected chi connectivity index (χ0v) is 9.72. The third-order valence-corrected chi connectivity index (χ3v) is 3.81. The molecule has 0 N–H and O–H groups in total. The molecule has 1 atom stereocenters. The standard InChI is InChI=1S/C13H14N2O2/c1-14-11(16)13(10-6-3-2-4-7-10)8-5-9-15(13)12(14)17/h2-4,6-7H,5,8-9H2,1H3/t13-/m1/s1. The molecular weight excluding hydrogens is 216 g/mol. The number of carbonyl (C=O) groups excluding carboxylic acids is 2. The van der Waals surface area contributed by atoms with Crippen LogP contribution >= 0.6 is 0 Å².